The quantitative estimate of drug-likeness (QED) is 0.897. The zero-order valence-electron chi connectivity index (χ0n) is 13.5. The number of amides is 2. The number of rotatable bonds is 4. The molecule has 6 nitrogen and oxygen atoms in total. The number of halogens is 1. The summed E-state index contributed by atoms with van der Waals surface area (Å²) < 4.78 is 19.0. The summed E-state index contributed by atoms with van der Waals surface area (Å²) in [7, 11) is 1.50. The number of hydrogen-bond acceptors (Lipinski definition) is 4. The maximum atomic E-state index is 13.7. The molecule has 1 aliphatic rings. The first-order valence-corrected chi connectivity index (χ1v) is 7.68. The fraction of sp³-hybridized carbons (Fsp3) is 0.167. The van der Waals surface area contributed by atoms with E-state index >= 15 is 0 Å². The van der Waals surface area contributed by atoms with Crippen molar-refractivity contribution < 1.29 is 18.7 Å². The van der Waals surface area contributed by atoms with Crippen LogP contribution in [0.25, 0.3) is 0 Å². The van der Waals surface area contributed by atoms with Crippen molar-refractivity contribution in [1.29, 1.82) is 0 Å². The molecule has 0 aliphatic carbocycles. The predicted octanol–water partition coefficient (Wildman–Crippen LogP) is 2.70. The number of hydrogen-bond donors (Lipinski definition) is 2. The van der Waals surface area contributed by atoms with Crippen LogP contribution in [-0.4, -0.2) is 24.6 Å². The monoisotopic (exact) mass is 341 g/mol. The Labute approximate surface area is 143 Å². The van der Waals surface area contributed by atoms with E-state index in [4.69, 9.17) is 4.74 Å². The van der Waals surface area contributed by atoms with E-state index in [2.05, 4.69) is 15.8 Å². The van der Waals surface area contributed by atoms with E-state index in [1.165, 1.54) is 25.3 Å². The smallest absolute Gasteiger partial charge is 0.258 e. The van der Waals surface area contributed by atoms with Crippen molar-refractivity contribution in [2.45, 2.75) is 12.8 Å². The minimum atomic E-state index is -0.587. The molecule has 25 heavy (non-hydrogen) atoms. The fourth-order valence-corrected chi connectivity index (χ4v) is 2.52. The summed E-state index contributed by atoms with van der Waals surface area (Å²) in [6, 6.07) is 10.8. The van der Waals surface area contributed by atoms with Crippen molar-refractivity contribution in [1.82, 2.24) is 5.43 Å². The molecule has 128 valence electrons. The third kappa shape index (κ3) is 3.65. The van der Waals surface area contributed by atoms with Crippen LogP contribution in [0.4, 0.5) is 10.1 Å². The number of methoxy groups -OCH3 is 1. The highest BCUT2D eigenvalue weighted by Gasteiger charge is 2.18. The molecule has 7 heteroatoms. The van der Waals surface area contributed by atoms with Crippen LogP contribution in [-0.2, 0) is 4.79 Å². The van der Waals surface area contributed by atoms with Crippen molar-refractivity contribution in [3.05, 3.63) is 59.4 Å². The molecular weight excluding hydrogens is 325 g/mol. The van der Waals surface area contributed by atoms with Crippen LogP contribution >= 0.6 is 0 Å². The molecule has 2 N–H and O–H groups in total. The van der Waals surface area contributed by atoms with E-state index < -0.39 is 11.7 Å². The largest absolute Gasteiger partial charge is 0.496 e. The maximum absolute atomic E-state index is 13.7. The van der Waals surface area contributed by atoms with Gasteiger partial charge in [0.2, 0.25) is 5.91 Å². The van der Waals surface area contributed by atoms with E-state index in [1.54, 1.807) is 24.3 Å². The molecule has 0 saturated heterocycles. The standard InChI is InChI=1S/C18H16FN3O3/c1-25-16-10-11(20-18(24)12-4-2-3-5-14(12)19)6-7-13(16)15-8-9-17(23)22-21-15/h2-7,10H,8-9H2,1H3,(H,20,24)(H,22,23). The van der Waals surface area contributed by atoms with Crippen LogP contribution in [0, 0.1) is 5.82 Å². The Morgan fingerprint density at radius 2 is 2.04 bits per heavy atom. The minimum Gasteiger partial charge on any atom is -0.496 e. The molecule has 1 heterocycles. The second kappa shape index (κ2) is 7.12. The molecule has 3 rings (SSSR count). The van der Waals surface area contributed by atoms with Crippen LogP contribution < -0.4 is 15.5 Å². The first kappa shape index (κ1) is 16.6. The lowest BCUT2D eigenvalue weighted by molar-refractivity contribution is -0.121. The highest BCUT2D eigenvalue weighted by Crippen LogP contribution is 2.26. The molecule has 0 radical (unpaired) electrons. The number of hydrazone groups is 1. The molecule has 0 atom stereocenters. The van der Waals surface area contributed by atoms with Gasteiger partial charge in [-0.2, -0.15) is 5.10 Å². The molecule has 0 fully saturated rings. The number of nitrogens with one attached hydrogen (secondary N) is 2. The third-order valence-corrected chi connectivity index (χ3v) is 3.79. The normalized spacial score (nSPS) is 13.7. The lowest BCUT2D eigenvalue weighted by Gasteiger charge is -2.16. The van der Waals surface area contributed by atoms with Gasteiger partial charge >= 0.3 is 0 Å². The van der Waals surface area contributed by atoms with Crippen LogP contribution in [0.2, 0.25) is 0 Å². The van der Waals surface area contributed by atoms with Crippen molar-refractivity contribution in [2.75, 3.05) is 12.4 Å². The van der Waals surface area contributed by atoms with Gasteiger partial charge in [0.05, 0.1) is 18.4 Å². The van der Waals surface area contributed by atoms with Crippen LogP contribution in [0.5, 0.6) is 5.75 Å². The summed E-state index contributed by atoms with van der Waals surface area (Å²) in [6.07, 6.45) is 0.858. The first-order chi connectivity index (χ1) is 12.1. The van der Waals surface area contributed by atoms with E-state index in [0.29, 0.717) is 30.0 Å². The second-order valence-corrected chi connectivity index (χ2v) is 5.44. The molecule has 2 aromatic rings. The minimum absolute atomic E-state index is 0.0371. The van der Waals surface area contributed by atoms with Gasteiger partial charge in [-0.25, -0.2) is 9.82 Å². The summed E-state index contributed by atoms with van der Waals surface area (Å²) >= 11 is 0. The number of nitrogens with zero attached hydrogens (tertiary/aromatic N) is 1. The van der Waals surface area contributed by atoms with Crippen molar-refractivity contribution in [3.8, 4) is 5.75 Å². The lowest BCUT2D eigenvalue weighted by Crippen LogP contribution is -2.26. The van der Waals surface area contributed by atoms with Crippen LogP contribution in [0.1, 0.15) is 28.8 Å². The molecule has 0 bridgehead atoms. The van der Waals surface area contributed by atoms with Crippen molar-refractivity contribution in [2.24, 2.45) is 5.10 Å². The summed E-state index contributed by atoms with van der Waals surface area (Å²) in [6.45, 7) is 0. The Morgan fingerprint density at radius 1 is 1.24 bits per heavy atom. The second-order valence-electron chi connectivity index (χ2n) is 5.44. The van der Waals surface area contributed by atoms with E-state index in [0.717, 1.165) is 5.56 Å². The number of ether oxygens (including phenoxy) is 1. The number of benzene rings is 2. The average Bonchev–Trinajstić information content (AvgIpc) is 2.62. The van der Waals surface area contributed by atoms with Crippen molar-refractivity contribution in [3.63, 3.8) is 0 Å². The Hall–Kier alpha value is -3.22. The molecular formula is C18H16FN3O3. The van der Waals surface area contributed by atoms with Gasteiger partial charge in [0.25, 0.3) is 5.91 Å². The number of anilines is 1. The van der Waals surface area contributed by atoms with Crippen LogP contribution in [0.15, 0.2) is 47.6 Å². The molecule has 2 aromatic carbocycles. The van der Waals surface area contributed by atoms with Crippen LogP contribution in [0.3, 0.4) is 0 Å². The zero-order valence-corrected chi connectivity index (χ0v) is 13.5. The number of carbonyl (C=O) groups excluding carboxylic acids is 2. The molecule has 0 saturated carbocycles. The molecule has 0 spiro atoms. The van der Waals surface area contributed by atoms with Gasteiger partial charge in [-0.1, -0.05) is 12.1 Å². The Kier molecular flexibility index (Phi) is 4.74. The summed E-state index contributed by atoms with van der Waals surface area (Å²) in [5, 5.41) is 6.68. The van der Waals surface area contributed by atoms with Gasteiger partial charge in [-0.3, -0.25) is 9.59 Å². The molecule has 2 amide bonds. The van der Waals surface area contributed by atoms with Gasteiger partial charge in [0.15, 0.2) is 0 Å². The van der Waals surface area contributed by atoms with E-state index in [-0.39, 0.29) is 11.5 Å². The van der Waals surface area contributed by atoms with E-state index in [9.17, 15) is 14.0 Å². The highest BCUT2D eigenvalue weighted by molar-refractivity contribution is 6.07. The zero-order chi connectivity index (χ0) is 17.8. The van der Waals surface area contributed by atoms with Crippen molar-refractivity contribution >= 4 is 23.2 Å². The Bertz CT molecular complexity index is 864. The predicted molar refractivity (Wildman–Crippen MR) is 91.3 cm³/mol. The number of carbonyl (C=O) groups is 2. The Morgan fingerprint density at radius 3 is 2.72 bits per heavy atom. The molecule has 0 unspecified atom stereocenters. The highest BCUT2D eigenvalue weighted by atomic mass is 19.1. The Balaban J connectivity index is 1.83. The molecule has 0 aromatic heterocycles. The topological polar surface area (TPSA) is 79.8 Å². The summed E-state index contributed by atoms with van der Waals surface area (Å²) in [4.78, 5) is 23.4. The van der Waals surface area contributed by atoms with Gasteiger partial charge in [0.1, 0.15) is 11.6 Å². The lowest BCUT2D eigenvalue weighted by atomic mass is 10.0. The summed E-state index contributed by atoms with van der Waals surface area (Å²) in [5.41, 5.74) is 4.29. The first-order valence-electron chi connectivity index (χ1n) is 7.68. The van der Waals surface area contributed by atoms with Gasteiger partial charge < -0.3 is 10.1 Å². The van der Waals surface area contributed by atoms with E-state index in [1.807, 2.05) is 0 Å². The summed E-state index contributed by atoms with van der Waals surface area (Å²) in [5.74, 6) is -0.760. The maximum Gasteiger partial charge on any atom is 0.258 e. The van der Waals surface area contributed by atoms with Gasteiger partial charge in [0, 0.05) is 30.2 Å². The third-order valence-electron chi connectivity index (χ3n) is 3.79. The average molecular weight is 341 g/mol. The van der Waals surface area contributed by atoms with Gasteiger partial charge in [-0.15, -0.1) is 0 Å². The fourth-order valence-electron chi connectivity index (χ4n) is 2.52. The van der Waals surface area contributed by atoms with Gasteiger partial charge in [-0.05, 0) is 24.3 Å². The molecule has 1 aliphatic heterocycles. The SMILES string of the molecule is COc1cc(NC(=O)c2ccccc2F)ccc1C1=NNC(=O)CC1.